The molecule has 1 unspecified atom stereocenters. The van der Waals surface area contributed by atoms with Crippen molar-refractivity contribution in [2.75, 3.05) is 6.26 Å². The van der Waals surface area contributed by atoms with E-state index in [4.69, 9.17) is 4.99 Å². The van der Waals surface area contributed by atoms with Crippen LogP contribution in [0.15, 0.2) is 33.6 Å². The summed E-state index contributed by atoms with van der Waals surface area (Å²) in [6.45, 7) is 8.70. The van der Waals surface area contributed by atoms with Crippen LogP contribution in [0, 0.1) is 12.8 Å². The second-order valence-electron chi connectivity index (χ2n) is 5.22. The third-order valence-corrected chi connectivity index (χ3v) is 5.39. The van der Waals surface area contributed by atoms with Crippen LogP contribution in [0.25, 0.3) is 10.6 Å². The van der Waals surface area contributed by atoms with E-state index in [1.165, 1.54) is 21.7 Å². The van der Waals surface area contributed by atoms with Gasteiger partial charge in [0.05, 0.1) is 5.69 Å². The van der Waals surface area contributed by atoms with Gasteiger partial charge in [0.1, 0.15) is 5.01 Å². The molecule has 1 aromatic heterocycles. The average molecular weight is 319 g/mol. The van der Waals surface area contributed by atoms with Gasteiger partial charge in [-0.3, -0.25) is 4.99 Å². The Morgan fingerprint density at radius 1 is 1.43 bits per heavy atom. The van der Waals surface area contributed by atoms with Crippen molar-refractivity contribution in [3.63, 3.8) is 0 Å². The smallest absolute Gasteiger partial charge is 0.123 e. The Labute approximate surface area is 135 Å². The quantitative estimate of drug-likeness (QED) is 0.500. The van der Waals surface area contributed by atoms with Gasteiger partial charge in [-0.1, -0.05) is 13.8 Å². The molecule has 0 radical (unpaired) electrons. The molecule has 0 fully saturated rings. The molecule has 2 rings (SSSR count). The maximum Gasteiger partial charge on any atom is 0.123 e. The maximum atomic E-state index is 4.89. The summed E-state index contributed by atoms with van der Waals surface area (Å²) in [6, 6.07) is 4.40. The number of benzene rings is 1. The largest absolute Gasteiger partial charge is 0.258 e. The zero-order valence-electron chi connectivity index (χ0n) is 13.3. The summed E-state index contributed by atoms with van der Waals surface area (Å²) in [7, 11) is 0. The van der Waals surface area contributed by atoms with Crippen molar-refractivity contribution in [1.29, 1.82) is 0 Å². The number of hydrogen-bond donors (Lipinski definition) is 0. The lowest BCUT2D eigenvalue weighted by molar-refractivity contribution is 0.736. The molecule has 0 N–H and O–H groups in total. The summed E-state index contributed by atoms with van der Waals surface area (Å²) in [5.74, 6) is 0.519. The van der Waals surface area contributed by atoms with Crippen LogP contribution in [0.4, 0.5) is 5.69 Å². The molecule has 1 aromatic carbocycles. The van der Waals surface area contributed by atoms with Gasteiger partial charge in [-0.05, 0) is 50.1 Å². The summed E-state index contributed by atoms with van der Waals surface area (Å²) in [6.07, 6.45) is 5.08. The summed E-state index contributed by atoms with van der Waals surface area (Å²) in [4.78, 5) is 10.6. The number of rotatable bonds is 5. The average Bonchev–Trinajstić information content (AvgIpc) is 3.02. The number of thiazole rings is 1. The van der Waals surface area contributed by atoms with E-state index in [1.54, 1.807) is 23.1 Å². The predicted octanol–water partition coefficient (Wildman–Crippen LogP) is 5.98. The first-order chi connectivity index (χ1) is 10.1. The fraction of sp³-hybridized carbons (Fsp3) is 0.412. The molecule has 0 amide bonds. The topological polar surface area (TPSA) is 25.2 Å². The van der Waals surface area contributed by atoms with Crippen molar-refractivity contribution < 1.29 is 0 Å². The molecule has 0 saturated heterocycles. The summed E-state index contributed by atoms with van der Waals surface area (Å²) < 4.78 is 0. The van der Waals surface area contributed by atoms with Crippen LogP contribution in [0.5, 0.6) is 0 Å². The highest BCUT2D eigenvalue weighted by Gasteiger charge is 2.12. The monoisotopic (exact) mass is 318 g/mol. The molecular weight excluding hydrogens is 296 g/mol. The summed E-state index contributed by atoms with van der Waals surface area (Å²) in [5.41, 5.74) is 4.69. The first-order valence-electron chi connectivity index (χ1n) is 7.20. The zero-order valence-corrected chi connectivity index (χ0v) is 14.9. The number of aliphatic imine (C=N–C) groups is 1. The van der Waals surface area contributed by atoms with Crippen molar-refractivity contribution in [3.8, 4) is 10.6 Å². The fourth-order valence-electron chi connectivity index (χ4n) is 2.08. The van der Waals surface area contributed by atoms with E-state index < -0.39 is 0 Å². The van der Waals surface area contributed by atoms with E-state index >= 15 is 0 Å². The predicted molar refractivity (Wildman–Crippen MR) is 96.3 cm³/mol. The number of nitrogens with zero attached hydrogens (tertiary/aromatic N) is 2. The van der Waals surface area contributed by atoms with Gasteiger partial charge in [0, 0.05) is 27.7 Å². The summed E-state index contributed by atoms with van der Waals surface area (Å²) in [5, 5.41) is 3.09. The molecule has 0 aliphatic heterocycles. The minimum atomic E-state index is 0.519. The standard InChI is InChI=1S/C17H22N2S2/c1-6-11(2)13(4)19-16-10-14(20-5)9-15(12(16)3)17-18-7-8-21-17/h7-11H,6H2,1-5H3/b19-13-. The van der Waals surface area contributed by atoms with Gasteiger partial charge in [-0.25, -0.2) is 4.98 Å². The normalized spacial score (nSPS) is 13.5. The molecule has 112 valence electrons. The molecule has 1 atom stereocenters. The highest BCUT2D eigenvalue weighted by molar-refractivity contribution is 7.98. The van der Waals surface area contributed by atoms with E-state index in [2.05, 4.69) is 51.1 Å². The Hall–Kier alpha value is -1.13. The van der Waals surface area contributed by atoms with Crippen LogP contribution in [0.2, 0.25) is 0 Å². The second-order valence-corrected chi connectivity index (χ2v) is 6.99. The minimum absolute atomic E-state index is 0.519. The molecule has 0 bridgehead atoms. The lowest BCUT2D eigenvalue weighted by atomic mass is 10.0. The van der Waals surface area contributed by atoms with Crippen molar-refractivity contribution in [2.24, 2.45) is 10.9 Å². The van der Waals surface area contributed by atoms with Gasteiger partial charge < -0.3 is 0 Å². The lowest BCUT2D eigenvalue weighted by Crippen LogP contribution is -2.04. The second kappa shape index (κ2) is 7.23. The minimum Gasteiger partial charge on any atom is -0.258 e. The SMILES string of the molecule is CCC(C)/C(C)=N\c1cc(SC)cc(-c2nccs2)c1C. The van der Waals surface area contributed by atoms with Crippen LogP contribution >= 0.6 is 23.1 Å². The van der Waals surface area contributed by atoms with Gasteiger partial charge >= 0.3 is 0 Å². The molecule has 0 spiro atoms. The molecule has 1 heterocycles. The fourth-order valence-corrected chi connectivity index (χ4v) is 3.26. The van der Waals surface area contributed by atoms with Crippen molar-refractivity contribution in [1.82, 2.24) is 4.98 Å². The Balaban J connectivity index is 2.54. The van der Waals surface area contributed by atoms with Gasteiger partial charge in [0.25, 0.3) is 0 Å². The van der Waals surface area contributed by atoms with Crippen LogP contribution in [-0.2, 0) is 0 Å². The number of thioether (sulfide) groups is 1. The van der Waals surface area contributed by atoms with Gasteiger partial charge in [0.15, 0.2) is 0 Å². The van der Waals surface area contributed by atoms with E-state index in [0.29, 0.717) is 5.92 Å². The highest BCUT2D eigenvalue weighted by Crippen LogP contribution is 2.36. The van der Waals surface area contributed by atoms with Crippen LogP contribution in [-0.4, -0.2) is 17.0 Å². The lowest BCUT2D eigenvalue weighted by Gasteiger charge is -2.12. The van der Waals surface area contributed by atoms with Crippen LogP contribution in [0.1, 0.15) is 32.8 Å². The Morgan fingerprint density at radius 3 is 2.76 bits per heavy atom. The van der Waals surface area contributed by atoms with Crippen LogP contribution < -0.4 is 0 Å². The molecule has 4 heteroatoms. The molecule has 2 aromatic rings. The van der Waals surface area contributed by atoms with E-state index in [1.807, 2.05) is 11.6 Å². The van der Waals surface area contributed by atoms with Crippen molar-refractivity contribution in [2.45, 2.75) is 39.0 Å². The Kier molecular flexibility index (Phi) is 5.59. The molecular formula is C17H22N2S2. The summed E-state index contributed by atoms with van der Waals surface area (Å²) >= 11 is 3.43. The maximum absolute atomic E-state index is 4.89. The molecule has 0 aliphatic carbocycles. The van der Waals surface area contributed by atoms with Gasteiger partial charge in [-0.2, -0.15) is 0 Å². The van der Waals surface area contributed by atoms with E-state index in [-0.39, 0.29) is 0 Å². The molecule has 0 aliphatic rings. The van der Waals surface area contributed by atoms with Crippen molar-refractivity contribution in [3.05, 3.63) is 29.3 Å². The first-order valence-corrected chi connectivity index (χ1v) is 9.31. The zero-order chi connectivity index (χ0) is 15.4. The highest BCUT2D eigenvalue weighted by atomic mass is 32.2. The first kappa shape index (κ1) is 16.2. The van der Waals surface area contributed by atoms with Gasteiger partial charge in [0.2, 0.25) is 0 Å². The third kappa shape index (κ3) is 3.74. The van der Waals surface area contributed by atoms with E-state index in [9.17, 15) is 0 Å². The third-order valence-electron chi connectivity index (χ3n) is 3.87. The number of hydrogen-bond acceptors (Lipinski definition) is 4. The van der Waals surface area contributed by atoms with Crippen LogP contribution in [0.3, 0.4) is 0 Å². The Bertz CT molecular complexity index is 630. The Morgan fingerprint density at radius 2 is 2.19 bits per heavy atom. The molecule has 21 heavy (non-hydrogen) atoms. The molecule has 0 saturated carbocycles. The van der Waals surface area contributed by atoms with Crippen molar-refractivity contribution >= 4 is 34.5 Å². The van der Waals surface area contributed by atoms with E-state index in [0.717, 1.165) is 17.1 Å². The molecule has 2 nitrogen and oxygen atoms in total. The van der Waals surface area contributed by atoms with Gasteiger partial charge in [-0.15, -0.1) is 23.1 Å². The number of aromatic nitrogens is 1.